The summed E-state index contributed by atoms with van der Waals surface area (Å²) < 4.78 is 5.01. The number of hydrogen-bond acceptors (Lipinski definition) is 4. The van der Waals surface area contributed by atoms with E-state index < -0.39 is 0 Å². The van der Waals surface area contributed by atoms with Crippen molar-refractivity contribution in [3.05, 3.63) is 27.4 Å². The van der Waals surface area contributed by atoms with Crippen molar-refractivity contribution in [1.82, 2.24) is 4.98 Å². The first-order valence-corrected chi connectivity index (χ1v) is 4.16. The average Bonchev–Trinajstić information content (AvgIpc) is 2.24. The van der Waals surface area contributed by atoms with Gasteiger partial charge < -0.3 is 4.74 Å². The molecule has 6 nitrogen and oxygen atoms in total. The Hall–Kier alpha value is -2.25. The van der Waals surface area contributed by atoms with Crippen molar-refractivity contribution in [3.63, 3.8) is 0 Å². The SMILES string of the molecule is COc1c(C#N)nc(C)c(C)c1N=[N+]=[N-]. The van der Waals surface area contributed by atoms with Crippen molar-refractivity contribution in [2.45, 2.75) is 13.8 Å². The summed E-state index contributed by atoms with van der Waals surface area (Å²) in [6.07, 6.45) is 0. The number of azide groups is 1. The van der Waals surface area contributed by atoms with Crippen molar-refractivity contribution >= 4 is 5.69 Å². The maximum absolute atomic E-state index is 8.83. The van der Waals surface area contributed by atoms with Gasteiger partial charge in [0.05, 0.1) is 12.8 Å². The summed E-state index contributed by atoms with van der Waals surface area (Å²) in [6.45, 7) is 3.50. The van der Waals surface area contributed by atoms with Gasteiger partial charge in [0.15, 0.2) is 11.4 Å². The van der Waals surface area contributed by atoms with E-state index in [4.69, 9.17) is 15.5 Å². The number of aromatic nitrogens is 1. The highest BCUT2D eigenvalue weighted by Gasteiger charge is 2.14. The second-order valence-corrected chi connectivity index (χ2v) is 2.85. The smallest absolute Gasteiger partial charge is 0.183 e. The Labute approximate surface area is 86.8 Å². The molecule has 6 heteroatoms. The van der Waals surface area contributed by atoms with Gasteiger partial charge in [0, 0.05) is 10.6 Å². The molecule has 0 amide bonds. The molecule has 1 heterocycles. The highest BCUT2D eigenvalue weighted by molar-refractivity contribution is 5.63. The van der Waals surface area contributed by atoms with Gasteiger partial charge >= 0.3 is 0 Å². The van der Waals surface area contributed by atoms with Crippen LogP contribution in [-0.2, 0) is 0 Å². The quantitative estimate of drug-likeness (QED) is 0.419. The molecule has 0 saturated carbocycles. The summed E-state index contributed by atoms with van der Waals surface area (Å²) >= 11 is 0. The van der Waals surface area contributed by atoms with Gasteiger partial charge in [-0.2, -0.15) is 5.26 Å². The fourth-order valence-electron chi connectivity index (χ4n) is 1.19. The van der Waals surface area contributed by atoms with E-state index in [1.807, 2.05) is 6.07 Å². The molecule has 1 rings (SSSR count). The third-order valence-electron chi connectivity index (χ3n) is 2.06. The lowest BCUT2D eigenvalue weighted by Gasteiger charge is -2.10. The van der Waals surface area contributed by atoms with Crippen molar-refractivity contribution in [1.29, 1.82) is 5.26 Å². The van der Waals surface area contributed by atoms with Crippen molar-refractivity contribution in [2.24, 2.45) is 5.11 Å². The van der Waals surface area contributed by atoms with Crippen LogP contribution < -0.4 is 4.74 Å². The Balaban J connectivity index is 3.65. The Morgan fingerprint density at radius 3 is 2.67 bits per heavy atom. The van der Waals surface area contributed by atoms with E-state index in [1.165, 1.54) is 7.11 Å². The lowest BCUT2D eigenvalue weighted by Crippen LogP contribution is -1.97. The molecule has 0 radical (unpaired) electrons. The summed E-state index contributed by atoms with van der Waals surface area (Å²) in [5.74, 6) is 0.221. The Bertz CT molecular complexity index is 482. The Morgan fingerprint density at radius 2 is 2.20 bits per heavy atom. The minimum absolute atomic E-state index is 0.128. The first kappa shape index (κ1) is 10.8. The number of pyridine rings is 1. The van der Waals surface area contributed by atoms with Gasteiger partial charge in [0.2, 0.25) is 0 Å². The number of rotatable bonds is 2. The second kappa shape index (κ2) is 4.31. The number of ether oxygens (including phenoxy) is 1. The van der Waals surface area contributed by atoms with Crippen molar-refractivity contribution in [3.8, 4) is 11.8 Å². The molecule has 0 unspecified atom stereocenters. The number of aryl methyl sites for hydroxylation is 1. The predicted molar refractivity (Wildman–Crippen MR) is 53.8 cm³/mol. The lowest BCUT2D eigenvalue weighted by molar-refractivity contribution is 0.412. The van der Waals surface area contributed by atoms with Crippen LogP contribution in [0.2, 0.25) is 0 Å². The normalized spacial score (nSPS) is 8.93. The van der Waals surface area contributed by atoms with Gasteiger partial charge in [-0.1, -0.05) is 5.11 Å². The van der Waals surface area contributed by atoms with Crippen LogP contribution in [0.4, 0.5) is 5.69 Å². The maximum Gasteiger partial charge on any atom is 0.183 e. The van der Waals surface area contributed by atoms with Crippen LogP contribution in [0.15, 0.2) is 5.11 Å². The van der Waals surface area contributed by atoms with E-state index in [2.05, 4.69) is 15.0 Å². The van der Waals surface area contributed by atoms with Crippen LogP contribution in [0.25, 0.3) is 10.4 Å². The van der Waals surface area contributed by atoms with Gasteiger partial charge in [0.1, 0.15) is 6.07 Å². The van der Waals surface area contributed by atoms with Crippen molar-refractivity contribution in [2.75, 3.05) is 7.11 Å². The first-order chi connectivity index (χ1) is 7.15. The topological polar surface area (TPSA) is 94.7 Å². The molecule has 0 spiro atoms. The van der Waals surface area contributed by atoms with Crippen molar-refractivity contribution < 1.29 is 4.74 Å². The third-order valence-corrected chi connectivity index (χ3v) is 2.06. The van der Waals surface area contributed by atoms with Crippen LogP contribution in [-0.4, -0.2) is 12.1 Å². The second-order valence-electron chi connectivity index (χ2n) is 2.85. The van der Waals surface area contributed by atoms with E-state index in [-0.39, 0.29) is 11.4 Å². The largest absolute Gasteiger partial charge is 0.493 e. The molecular weight excluding hydrogens is 194 g/mol. The van der Waals surface area contributed by atoms with Crippen LogP contribution >= 0.6 is 0 Å². The molecule has 0 N–H and O–H groups in total. The zero-order valence-electron chi connectivity index (χ0n) is 8.64. The van der Waals surface area contributed by atoms with Gasteiger partial charge in [-0.25, -0.2) is 4.98 Å². The summed E-state index contributed by atoms with van der Waals surface area (Å²) in [4.78, 5) is 6.74. The lowest BCUT2D eigenvalue weighted by atomic mass is 10.1. The number of nitriles is 1. The number of methoxy groups -OCH3 is 1. The molecule has 1 aromatic rings. The average molecular weight is 203 g/mol. The standard InChI is InChI=1S/C9H9N5O/c1-5-6(2)12-7(4-10)9(15-3)8(5)13-14-11/h1-3H3. The van der Waals surface area contributed by atoms with Crippen LogP contribution in [0.5, 0.6) is 5.75 Å². The molecule has 0 aliphatic carbocycles. The minimum Gasteiger partial charge on any atom is -0.493 e. The summed E-state index contributed by atoms with van der Waals surface area (Å²) in [5.41, 5.74) is 10.2. The summed E-state index contributed by atoms with van der Waals surface area (Å²) in [6, 6.07) is 1.89. The molecule has 15 heavy (non-hydrogen) atoms. The van der Waals surface area contributed by atoms with E-state index in [0.29, 0.717) is 16.9 Å². The molecule has 0 atom stereocenters. The fraction of sp³-hybridized carbons (Fsp3) is 0.333. The van der Waals surface area contributed by atoms with Crippen LogP contribution in [0.3, 0.4) is 0 Å². The molecule has 76 valence electrons. The summed E-state index contributed by atoms with van der Waals surface area (Å²) in [7, 11) is 1.41. The van der Waals surface area contributed by atoms with Crippen LogP contribution in [0.1, 0.15) is 17.0 Å². The highest BCUT2D eigenvalue weighted by atomic mass is 16.5. The zero-order valence-corrected chi connectivity index (χ0v) is 8.64. The fourth-order valence-corrected chi connectivity index (χ4v) is 1.19. The third kappa shape index (κ3) is 1.82. The molecule has 0 saturated heterocycles. The van der Waals surface area contributed by atoms with E-state index in [9.17, 15) is 0 Å². The maximum atomic E-state index is 8.83. The molecule has 0 aromatic carbocycles. The van der Waals surface area contributed by atoms with Crippen LogP contribution in [0, 0.1) is 25.2 Å². The van der Waals surface area contributed by atoms with Gasteiger partial charge in [-0.15, -0.1) is 0 Å². The van der Waals surface area contributed by atoms with E-state index in [1.54, 1.807) is 13.8 Å². The zero-order chi connectivity index (χ0) is 11.4. The number of hydrogen-bond donors (Lipinski definition) is 0. The molecule has 0 bridgehead atoms. The molecule has 0 aliphatic heterocycles. The Morgan fingerprint density at radius 1 is 1.53 bits per heavy atom. The van der Waals surface area contributed by atoms with Gasteiger partial charge in [0.25, 0.3) is 0 Å². The first-order valence-electron chi connectivity index (χ1n) is 4.16. The summed E-state index contributed by atoms with van der Waals surface area (Å²) in [5, 5.41) is 12.3. The van der Waals surface area contributed by atoms with E-state index >= 15 is 0 Å². The number of nitrogens with zero attached hydrogens (tertiary/aromatic N) is 5. The monoisotopic (exact) mass is 203 g/mol. The minimum atomic E-state index is 0.128. The molecule has 0 aliphatic rings. The molecular formula is C9H9N5O. The van der Waals surface area contributed by atoms with E-state index in [0.717, 1.165) is 0 Å². The van der Waals surface area contributed by atoms with Gasteiger partial charge in [-0.05, 0) is 24.9 Å². The Kier molecular flexibility index (Phi) is 3.11. The predicted octanol–water partition coefficient (Wildman–Crippen LogP) is 2.52. The molecule has 1 aromatic heterocycles. The van der Waals surface area contributed by atoms with Gasteiger partial charge in [-0.3, -0.25) is 0 Å². The highest BCUT2D eigenvalue weighted by Crippen LogP contribution is 2.34. The molecule has 0 fully saturated rings.